The molecule has 134 valence electrons. The summed E-state index contributed by atoms with van der Waals surface area (Å²) in [5.41, 5.74) is 7.58. The number of carbonyl (C=O) groups is 1. The van der Waals surface area contributed by atoms with Gasteiger partial charge in [-0.15, -0.1) is 0 Å². The van der Waals surface area contributed by atoms with E-state index < -0.39 is 5.54 Å². The molecule has 5 nitrogen and oxygen atoms in total. The lowest BCUT2D eigenvalue weighted by molar-refractivity contribution is -0.126. The average molecular weight is 333 g/mol. The van der Waals surface area contributed by atoms with Gasteiger partial charge in [-0.1, -0.05) is 37.6 Å². The van der Waals surface area contributed by atoms with E-state index >= 15 is 0 Å². The smallest absolute Gasteiger partial charge is 0.240 e. The topological polar surface area (TPSA) is 78.6 Å². The van der Waals surface area contributed by atoms with Crippen molar-refractivity contribution in [1.82, 2.24) is 10.2 Å². The maximum Gasteiger partial charge on any atom is 0.240 e. The van der Waals surface area contributed by atoms with Crippen LogP contribution in [0.15, 0.2) is 24.3 Å². The number of aliphatic hydroxyl groups is 1. The second-order valence-electron chi connectivity index (χ2n) is 7.17. The first kappa shape index (κ1) is 18.9. The highest BCUT2D eigenvalue weighted by molar-refractivity contribution is 5.85. The molecule has 1 heterocycles. The van der Waals surface area contributed by atoms with E-state index in [4.69, 9.17) is 5.73 Å². The molecule has 24 heavy (non-hydrogen) atoms. The number of likely N-dealkylation sites (tertiary alicyclic amines) is 1. The molecular formula is C19H31N3O2. The summed E-state index contributed by atoms with van der Waals surface area (Å²) in [4.78, 5) is 14.5. The SMILES string of the molecule is CCCC(C)(N)C(=O)NCc1ccc(CN2CCC(O)CC2)cc1. The molecule has 5 heteroatoms. The third kappa shape index (κ3) is 5.58. The summed E-state index contributed by atoms with van der Waals surface area (Å²) in [5.74, 6) is -0.0969. The van der Waals surface area contributed by atoms with Crippen LogP contribution < -0.4 is 11.1 Å². The summed E-state index contributed by atoms with van der Waals surface area (Å²) in [7, 11) is 0. The summed E-state index contributed by atoms with van der Waals surface area (Å²) < 4.78 is 0. The number of nitrogens with one attached hydrogen (secondary N) is 1. The van der Waals surface area contributed by atoms with Crippen LogP contribution in [-0.4, -0.2) is 40.6 Å². The molecule has 4 N–H and O–H groups in total. The maximum atomic E-state index is 12.1. The Kier molecular flexibility index (Phi) is 6.78. The first-order chi connectivity index (χ1) is 11.4. The summed E-state index contributed by atoms with van der Waals surface area (Å²) in [6.45, 7) is 7.13. The van der Waals surface area contributed by atoms with E-state index in [1.807, 2.05) is 6.92 Å². The molecule has 1 unspecified atom stereocenters. The third-order valence-corrected chi connectivity index (χ3v) is 4.73. The lowest BCUT2D eigenvalue weighted by Gasteiger charge is -2.29. The first-order valence-electron chi connectivity index (χ1n) is 8.96. The van der Waals surface area contributed by atoms with Gasteiger partial charge < -0.3 is 16.2 Å². The Bertz CT molecular complexity index is 520. The second-order valence-corrected chi connectivity index (χ2v) is 7.17. The summed E-state index contributed by atoms with van der Waals surface area (Å²) in [6, 6.07) is 8.34. The summed E-state index contributed by atoms with van der Waals surface area (Å²) >= 11 is 0. The molecule has 1 amide bonds. The number of aliphatic hydroxyl groups excluding tert-OH is 1. The molecule has 1 atom stereocenters. The van der Waals surface area contributed by atoms with Gasteiger partial charge >= 0.3 is 0 Å². The first-order valence-corrected chi connectivity index (χ1v) is 8.96. The van der Waals surface area contributed by atoms with Crippen LogP contribution >= 0.6 is 0 Å². The predicted molar refractivity (Wildman–Crippen MR) is 96.3 cm³/mol. The van der Waals surface area contributed by atoms with E-state index in [1.165, 1.54) is 5.56 Å². The largest absolute Gasteiger partial charge is 0.393 e. The minimum absolute atomic E-state index is 0.0969. The zero-order valence-electron chi connectivity index (χ0n) is 14.9. The van der Waals surface area contributed by atoms with Gasteiger partial charge in [-0.2, -0.15) is 0 Å². The number of hydrogen-bond acceptors (Lipinski definition) is 4. The maximum absolute atomic E-state index is 12.1. The monoisotopic (exact) mass is 333 g/mol. The van der Waals surface area contributed by atoms with E-state index in [0.29, 0.717) is 13.0 Å². The number of benzene rings is 1. The van der Waals surface area contributed by atoms with Crippen molar-refractivity contribution in [1.29, 1.82) is 0 Å². The molecule has 0 aromatic heterocycles. The lowest BCUT2D eigenvalue weighted by Crippen LogP contribution is -2.51. The molecule has 0 aliphatic carbocycles. The fourth-order valence-electron chi connectivity index (χ4n) is 3.12. The molecule has 0 spiro atoms. The highest BCUT2D eigenvalue weighted by atomic mass is 16.3. The zero-order chi connectivity index (χ0) is 17.6. The number of amides is 1. The summed E-state index contributed by atoms with van der Waals surface area (Å²) in [5, 5.41) is 12.5. The molecule has 1 saturated heterocycles. The van der Waals surface area contributed by atoms with E-state index in [2.05, 4.69) is 34.5 Å². The fourth-order valence-corrected chi connectivity index (χ4v) is 3.12. The molecule has 0 bridgehead atoms. The molecule has 2 rings (SSSR count). The number of hydrogen-bond donors (Lipinski definition) is 3. The Balaban J connectivity index is 1.80. The van der Waals surface area contributed by atoms with Crippen LogP contribution in [0.5, 0.6) is 0 Å². The predicted octanol–water partition coefficient (Wildman–Crippen LogP) is 1.78. The molecule has 1 fully saturated rings. The highest BCUT2D eigenvalue weighted by Gasteiger charge is 2.26. The van der Waals surface area contributed by atoms with Crippen LogP contribution in [0.4, 0.5) is 0 Å². The molecule has 1 aromatic rings. The van der Waals surface area contributed by atoms with E-state index in [9.17, 15) is 9.90 Å². The molecule has 1 aromatic carbocycles. The van der Waals surface area contributed by atoms with Gasteiger partial charge in [0.05, 0.1) is 11.6 Å². The highest BCUT2D eigenvalue weighted by Crippen LogP contribution is 2.14. The molecule has 1 aliphatic rings. The van der Waals surface area contributed by atoms with Crippen LogP contribution in [0.1, 0.15) is 50.7 Å². The van der Waals surface area contributed by atoms with Gasteiger partial charge in [0.15, 0.2) is 0 Å². The molecular weight excluding hydrogens is 302 g/mol. The van der Waals surface area contributed by atoms with Crippen molar-refractivity contribution in [3.63, 3.8) is 0 Å². The third-order valence-electron chi connectivity index (χ3n) is 4.73. The van der Waals surface area contributed by atoms with Crippen molar-refractivity contribution in [2.45, 2.75) is 64.3 Å². The number of rotatable bonds is 7. The normalized spacial score (nSPS) is 19.0. The standard InChI is InChI=1S/C19H31N3O2/c1-3-10-19(2,20)18(24)21-13-15-4-6-16(7-5-15)14-22-11-8-17(23)9-12-22/h4-7,17,23H,3,8-14,20H2,1-2H3,(H,21,24). The molecule has 0 radical (unpaired) electrons. The van der Waals surface area contributed by atoms with Gasteiger partial charge in [0.25, 0.3) is 0 Å². The Labute approximate surface area is 145 Å². The van der Waals surface area contributed by atoms with Crippen molar-refractivity contribution >= 4 is 5.91 Å². The number of carbonyl (C=O) groups excluding carboxylic acids is 1. The number of piperidine rings is 1. The van der Waals surface area contributed by atoms with Crippen LogP contribution in [-0.2, 0) is 17.9 Å². The van der Waals surface area contributed by atoms with Crippen molar-refractivity contribution in [3.8, 4) is 0 Å². The minimum Gasteiger partial charge on any atom is -0.393 e. The van der Waals surface area contributed by atoms with Gasteiger partial charge in [0.1, 0.15) is 0 Å². The molecule has 1 aliphatic heterocycles. The Morgan fingerprint density at radius 2 is 1.88 bits per heavy atom. The van der Waals surface area contributed by atoms with Gasteiger partial charge in [-0.3, -0.25) is 9.69 Å². The van der Waals surface area contributed by atoms with Gasteiger partial charge in [0, 0.05) is 26.2 Å². The van der Waals surface area contributed by atoms with Crippen molar-refractivity contribution in [2.24, 2.45) is 5.73 Å². The van der Waals surface area contributed by atoms with Crippen LogP contribution in [0.3, 0.4) is 0 Å². The molecule has 0 saturated carbocycles. The zero-order valence-corrected chi connectivity index (χ0v) is 14.9. The van der Waals surface area contributed by atoms with Crippen molar-refractivity contribution < 1.29 is 9.90 Å². The van der Waals surface area contributed by atoms with Gasteiger partial charge in [0.2, 0.25) is 5.91 Å². The Morgan fingerprint density at radius 1 is 1.29 bits per heavy atom. The number of nitrogens with zero attached hydrogens (tertiary/aromatic N) is 1. The lowest BCUT2D eigenvalue weighted by atomic mass is 9.96. The summed E-state index contributed by atoms with van der Waals surface area (Å²) in [6.07, 6.45) is 3.16. The number of nitrogens with two attached hydrogens (primary N) is 1. The van der Waals surface area contributed by atoms with E-state index in [0.717, 1.165) is 44.5 Å². The van der Waals surface area contributed by atoms with E-state index in [1.54, 1.807) is 6.92 Å². The van der Waals surface area contributed by atoms with Gasteiger partial charge in [-0.05, 0) is 37.3 Å². The van der Waals surface area contributed by atoms with Crippen LogP contribution in [0.2, 0.25) is 0 Å². The second kappa shape index (κ2) is 8.60. The van der Waals surface area contributed by atoms with Crippen molar-refractivity contribution in [3.05, 3.63) is 35.4 Å². The van der Waals surface area contributed by atoms with Crippen LogP contribution in [0, 0.1) is 0 Å². The van der Waals surface area contributed by atoms with Crippen LogP contribution in [0.25, 0.3) is 0 Å². The van der Waals surface area contributed by atoms with Crippen molar-refractivity contribution in [2.75, 3.05) is 13.1 Å². The van der Waals surface area contributed by atoms with Gasteiger partial charge in [-0.25, -0.2) is 0 Å². The van der Waals surface area contributed by atoms with E-state index in [-0.39, 0.29) is 12.0 Å². The fraction of sp³-hybridized carbons (Fsp3) is 0.632. The Morgan fingerprint density at radius 3 is 2.46 bits per heavy atom. The average Bonchev–Trinajstić information content (AvgIpc) is 2.56. The quantitative estimate of drug-likeness (QED) is 0.711. The minimum atomic E-state index is -0.798. The Hall–Kier alpha value is -1.43.